The fourth-order valence-electron chi connectivity index (χ4n) is 4.20. The number of hydrogen-bond acceptors (Lipinski definition) is 4. The van der Waals surface area contributed by atoms with Crippen LogP contribution in [0.25, 0.3) is 0 Å². The van der Waals surface area contributed by atoms with Gasteiger partial charge in [-0.25, -0.2) is 0 Å². The molecule has 5 nitrogen and oxygen atoms in total. The van der Waals surface area contributed by atoms with E-state index in [4.69, 9.17) is 4.74 Å². The van der Waals surface area contributed by atoms with E-state index in [-0.39, 0.29) is 17.6 Å². The molecule has 1 aromatic carbocycles. The Labute approximate surface area is 130 Å². The van der Waals surface area contributed by atoms with Gasteiger partial charge < -0.3 is 15.2 Å². The molecule has 118 valence electrons. The minimum absolute atomic E-state index is 0.00444. The molecule has 2 fully saturated rings. The van der Waals surface area contributed by atoms with Gasteiger partial charge in [0, 0.05) is 25.2 Å². The molecule has 3 aliphatic heterocycles. The number of carbonyl (C=O) groups is 1. The number of nitrogens with zero attached hydrogens (tertiary/aromatic N) is 1. The van der Waals surface area contributed by atoms with E-state index in [9.17, 15) is 9.90 Å². The molecule has 5 heteroatoms. The molecular weight excluding hydrogens is 280 g/mol. The molecule has 2 atom stereocenters. The third kappa shape index (κ3) is 1.92. The zero-order valence-corrected chi connectivity index (χ0v) is 12.7. The topological polar surface area (TPSA) is 61.8 Å². The van der Waals surface area contributed by atoms with Crippen molar-refractivity contribution in [3.05, 3.63) is 23.8 Å². The lowest BCUT2D eigenvalue weighted by molar-refractivity contribution is -0.159. The first-order valence-electron chi connectivity index (χ1n) is 8.27. The third-order valence-electron chi connectivity index (χ3n) is 5.21. The van der Waals surface area contributed by atoms with E-state index < -0.39 is 5.72 Å². The second kappa shape index (κ2) is 5.16. The lowest BCUT2D eigenvalue weighted by Crippen LogP contribution is -2.64. The molecule has 1 amide bonds. The van der Waals surface area contributed by atoms with Crippen LogP contribution in [0.1, 0.15) is 43.6 Å². The molecule has 0 saturated carbocycles. The van der Waals surface area contributed by atoms with Crippen molar-refractivity contribution >= 4 is 5.91 Å². The number of carbonyl (C=O) groups excluding carboxylic acids is 1. The zero-order valence-electron chi connectivity index (χ0n) is 12.7. The summed E-state index contributed by atoms with van der Waals surface area (Å²) in [7, 11) is 0. The summed E-state index contributed by atoms with van der Waals surface area (Å²) >= 11 is 0. The zero-order chi connectivity index (χ0) is 15.2. The standard InChI is InChI=1S/C17H22N2O3/c20-12-6-7-15-13(11-12)14-5-4-8-18-16(21)17(14,22-15)19-9-2-1-3-10-19/h6-7,11,14,20H,1-5,8-10H2,(H,18,21)/t14-,17-/m0/s1. The number of hydrogen-bond donors (Lipinski definition) is 2. The van der Waals surface area contributed by atoms with Crippen LogP contribution in [0.15, 0.2) is 18.2 Å². The van der Waals surface area contributed by atoms with E-state index >= 15 is 0 Å². The Morgan fingerprint density at radius 1 is 1.23 bits per heavy atom. The summed E-state index contributed by atoms with van der Waals surface area (Å²) in [6.07, 6.45) is 5.25. The Morgan fingerprint density at radius 3 is 2.86 bits per heavy atom. The average molecular weight is 302 g/mol. The molecule has 22 heavy (non-hydrogen) atoms. The van der Waals surface area contributed by atoms with Gasteiger partial charge in [-0.05, 0) is 43.9 Å². The van der Waals surface area contributed by atoms with Crippen molar-refractivity contribution in [3.8, 4) is 11.5 Å². The number of piperidine rings is 1. The van der Waals surface area contributed by atoms with Crippen molar-refractivity contribution in [2.45, 2.75) is 43.7 Å². The highest BCUT2D eigenvalue weighted by Gasteiger charge is 2.58. The number of phenolic OH excluding ortho intramolecular Hbond substituents is 1. The highest BCUT2D eigenvalue weighted by molar-refractivity contribution is 5.88. The minimum Gasteiger partial charge on any atom is -0.508 e. The van der Waals surface area contributed by atoms with E-state index in [1.807, 2.05) is 0 Å². The first-order chi connectivity index (χ1) is 10.7. The number of aromatic hydroxyl groups is 1. The van der Waals surface area contributed by atoms with Gasteiger partial charge in [0.25, 0.3) is 5.91 Å². The number of phenols is 1. The van der Waals surface area contributed by atoms with Crippen LogP contribution in [0, 0.1) is 0 Å². The average Bonchev–Trinajstić information content (AvgIpc) is 2.77. The van der Waals surface area contributed by atoms with E-state index in [0.717, 1.165) is 50.1 Å². The Balaban J connectivity index is 1.82. The lowest BCUT2D eigenvalue weighted by Gasteiger charge is -2.43. The van der Waals surface area contributed by atoms with Crippen LogP contribution < -0.4 is 10.1 Å². The Kier molecular flexibility index (Phi) is 3.26. The highest BCUT2D eigenvalue weighted by atomic mass is 16.5. The van der Waals surface area contributed by atoms with Gasteiger partial charge in [-0.15, -0.1) is 0 Å². The summed E-state index contributed by atoms with van der Waals surface area (Å²) in [5.41, 5.74) is 0.0511. The lowest BCUT2D eigenvalue weighted by atomic mass is 9.85. The van der Waals surface area contributed by atoms with Crippen LogP contribution in [-0.2, 0) is 4.79 Å². The predicted octanol–water partition coefficient (Wildman–Crippen LogP) is 1.96. The molecule has 3 aliphatic rings. The summed E-state index contributed by atoms with van der Waals surface area (Å²) in [5.74, 6) is 0.953. The SMILES string of the molecule is O=C1NCCC[C@H]2c3cc(O)ccc3O[C@]12N1CCCCC1. The van der Waals surface area contributed by atoms with E-state index in [1.165, 1.54) is 6.42 Å². The van der Waals surface area contributed by atoms with Gasteiger partial charge in [-0.2, -0.15) is 0 Å². The molecule has 0 radical (unpaired) electrons. The van der Waals surface area contributed by atoms with Gasteiger partial charge in [0.15, 0.2) is 0 Å². The summed E-state index contributed by atoms with van der Waals surface area (Å²) in [6, 6.07) is 5.19. The highest BCUT2D eigenvalue weighted by Crippen LogP contribution is 2.51. The van der Waals surface area contributed by atoms with Crippen LogP contribution in [0.2, 0.25) is 0 Å². The maximum absolute atomic E-state index is 12.9. The van der Waals surface area contributed by atoms with Crippen LogP contribution in [0.3, 0.4) is 0 Å². The van der Waals surface area contributed by atoms with Crippen molar-refractivity contribution in [2.24, 2.45) is 0 Å². The molecule has 0 spiro atoms. The fraction of sp³-hybridized carbons (Fsp3) is 0.588. The first kappa shape index (κ1) is 13.9. The van der Waals surface area contributed by atoms with Crippen molar-refractivity contribution in [2.75, 3.05) is 19.6 Å². The summed E-state index contributed by atoms with van der Waals surface area (Å²) in [4.78, 5) is 15.2. The molecule has 0 aliphatic carbocycles. The van der Waals surface area contributed by atoms with Crippen molar-refractivity contribution < 1.29 is 14.6 Å². The van der Waals surface area contributed by atoms with Crippen molar-refractivity contribution in [1.82, 2.24) is 10.2 Å². The van der Waals surface area contributed by atoms with Gasteiger partial charge in [0.1, 0.15) is 11.5 Å². The summed E-state index contributed by atoms with van der Waals surface area (Å²) in [6.45, 7) is 2.48. The van der Waals surface area contributed by atoms with E-state index in [2.05, 4.69) is 10.2 Å². The third-order valence-corrected chi connectivity index (χ3v) is 5.21. The molecule has 0 bridgehead atoms. The Hall–Kier alpha value is -1.75. The van der Waals surface area contributed by atoms with Gasteiger partial charge >= 0.3 is 0 Å². The fourth-order valence-corrected chi connectivity index (χ4v) is 4.20. The van der Waals surface area contributed by atoms with Crippen molar-refractivity contribution in [1.29, 1.82) is 0 Å². The van der Waals surface area contributed by atoms with Gasteiger partial charge in [-0.3, -0.25) is 9.69 Å². The van der Waals surface area contributed by atoms with Crippen LogP contribution >= 0.6 is 0 Å². The minimum atomic E-state index is -0.924. The molecular formula is C17H22N2O3. The Morgan fingerprint density at radius 2 is 2.05 bits per heavy atom. The predicted molar refractivity (Wildman–Crippen MR) is 81.9 cm³/mol. The number of nitrogens with one attached hydrogen (secondary N) is 1. The quantitative estimate of drug-likeness (QED) is 0.832. The second-order valence-electron chi connectivity index (χ2n) is 6.52. The maximum Gasteiger partial charge on any atom is 0.280 e. The van der Waals surface area contributed by atoms with Gasteiger partial charge in [0.2, 0.25) is 5.72 Å². The number of rotatable bonds is 1. The Bertz CT molecular complexity index is 598. The molecule has 1 aromatic rings. The number of fused-ring (bicyclic) bond motifs is 3. The van der Waals surface area contributed by atoms with Gasteiger partial charge in [0.05, 0.1) is 5.92 Å². The molecule has 0 aromatic heterocycles. The summed E-state index contributed by atoms with van der Waals surface area (Å²) < 4.78 is 6.29. The first-order valence-corrected chi connectivity index (χ1v) is 8.27. The van der Waals surface area contributed by atoms with Crippen molar-refractivity contribution in [3.63, 3.8) is 0 Å². The second-order valence-corrected chi connectivity index (χ2v) is 6.52. The maximum atomic E-state index is 12.9. The molecule has 3 heterocycles. The molecule has 2 N–H and O–H groups in total. The van der Waals surface area contributed by atoms with Crippen LogP contribution in [0.5, 0.6) is 11.5 Å². The largest absolute Gasteiger partial charge is 0.508 e. The van der Waals surface area contributed by atoms with Crippen LogP contribution in [-0.4, -0.2) is 41.3 Å². The molecule has 0 unspecified atom stereocenters. The summed E-state index contributed by atoms with van der Waals surface area (Å²) in [5, 5.41) is 12.9. The molecule has 4 rings (SSSR count). The van der Waals surface area contributed by atoms with E-state index in [1.54, 1.807) is 18.2 Å². The number of amides is 1. The number of benzene rings is 1. The number of likely N-dealkylation sites (tertiary alicyclic amines) is 1. The number of ether oxygens (including phenoxy) is 1. The monoisotopic (exact) mass is 302 g/mol. The molecule has 2 saturated heterocycles. The normalized spacial score (nSPS) is 31.6. The van der Waals surface area contributed by atoms with Crippen LogP contribution in [0.4, 0.5) is 0 Å². The van der Waals surface area contributed by atoms with Gasteiger partial charge in [-0.1, -0.05) is 6.42 Å². The smallest absolute Gasteiger partial charge is 0.280 e. The van der Waals surface area contributed by atoms with E-state index in [0.29, 0.717) is 6.54 Å².